The third-order valence-electron chi connectivity index (χ3n) is 2.03. The van der Waals surface area contributed by atoms with Crippen LogP contribution in [0.3, 0.4) is 0 Å². The highest BCUT2D eigenvalue weighted by Gasteiger charge is 2.06. The molecule has 0 heterocycles. The first-order valence-electron chi connectivity index (χ1n) is 5.13. The van der Waals surface area contributed by atoms with Gasteiger partial charge in [-0.2, -0.15) is 0 Å². The summed E-state index contributed by atoms with van der Waals surface area (Å²) in [4.78, 5) is 10.9. The Bertz CT molecular complexity index is 398. The molecular weight excluding hydrogens is 244 g/mol. The van der Waals surface area contributed by atoms with Crippen molar-refractivity contribution in [2.24, 2.45) is 0 Å². The summed E-state index contributed by atoms with van der Waals surface area (Å²) in [7, 11) is 0. The van der Waals surface area contributed by atoms with Gasteiger partial charge in [0.15, 0.2) is 0 Å². The van der Waals surface area contributed by atoms with Crippen LogP contribution < -0.4 is 10.6 Å². The van der Waals surface area contributed by atoms with Gasteiger partial charge in [0.2, 0.25) is 5.91 Å². The van der Waals surface area contributed by atoms with Gasteiger partial charge in [-0.1, -0.05) is 11.6 Å². The summed E-state index contributed by atoms with van der Waals surface area (Å²) in [6.07, 6.45) is -0.851. The van der Waals surface area contributed by atoms with Crippen molar-refractivity contribution in [3.05, 3.63) is 23.2 Å². The monoisotopic (exact) mass is 258 g/mol. The number of halogens is 1. The third kappa shape index (κ3) is 4.60. The quantitative estimate of drug-likeness (QED) is 0.637. The summed E-state index contributed by atoms with van der Waals surface area (Å²) in [5, 5.41) is 23.9. The van der Waals surface area contributed by atoms with Gasteiger partial charge in [-0.15, -0.1) is 0 Å². The number of hydrogen-bond donors (Lipinski definition) is 4. The number of rotatable bonds is 5. The Kier molecular flexibility index (Phi) is 5.21. The molecule has 17 heavy (non-hydrogen) atoms. The Balaban J connectivity index is 2.72. The van der Waals surface area contributed by atoms with Gasteiger partial charge in [-0.05, 0) is 18.2 Å². The van der Waals surface area contributed by atoms with E-state index in [1.807, 2.05) is 0 Å². The van der Waals surface area contributed by atoms with Crippen molar-refractivity contribution >= 4 is 28.9 Å². The van der Waals surface area contributed by atoms with E-state index in [1.165, 1.54) is 6.92 Å². The number of aliphatic hydroxyl groups is 2. The number of hydrogen-bond acceptors (Lipinski definition) is 4. The lowest BCUT2D eigenvalue weighted by Crippen LogP contribution is -2.23. The number of carbonyl (C=O) groups excluding carboxylic acids is 1. The van der Waals surface area contributed by atoms with Crippen molar-refractivity contribution in [1.29, 1.82) is 0 Å². The summed E-state index contributed by atoms with van der Waals surface area (Å²) < 4.78 is 0. The molecule has 0 saturated heterocycles. The van der Waals surface area contributed by atoms with E-state index < -0.39 is 6.10 Å². The van der Waals surface area contributed by atoms with Crippen LogP contribution in [0.2, 0.25) is 5.02 Å². The molecule has 4 N–H and O–H groups in total. The molecule has 0 aliphatic carbocycles. The zero-order valence-electron chi connectivity index (χ0n) is 9.40. The first kappa shape index (κ1) is 13.8. The number of carbonyl (C=O) groups is 1. The summed E-state index contributed by atoms with van der Waals surface area (Å²) in [6.45, 7) is 1.27. The van der Waals surface area contributed by atoms with Crippen LogP contribution in [0.4, 0.5) is 11.4 Å². The van der Waals surface area contributed by atoms with Crippen molar-refractivity contribution in [3.63, 3.8) is 0 Å². The standard InChI is InChI=1S/C11H15ClN2O3/c1-7(16)14-8-2-3-10(12)11(4-8)13-5-9(17)6-15/h2-4,9,13,15,17H,5-6H2,1H3,(H,14,16). The smallest absolute Gasteiger partial charge is 0.221 e. The Morgan fingerprint density at radius 1 is 1.53 bits per heavy atom. The number of amides is 1. The Morgan fingerprint density at radius 2 is 2.24 bits per heavy atom. The van der Waals surface area contributed by atoms with E-state index in [9.17, 15) is 9.90 Å². The second-order valence-electron chi connectivity index (χ2n) is 3.59. The van der Waals surface area contributed by atoms with E-state index in [-0.39, 0.29) is 19.1 Å². The van der Waals surface area contributed by atoms with Crippen molar-refractivity contribution in [2.75, 3.05) is 23.8 Å². The van der Waals surface area contributed by atoms with Crippen LogP contribution in [-0.2, 0) is 4.79 Å². The van der Waals surface area contributed by atoms with Crippen LogP contribution in [-0.4, -0.2) is 35.4 Å². The topological polar surface area (TPSA) is 81.6 Å². The fourth-order valence-electron chi connectivity index (χ4n) is 1.23. The number of anilines is 2. The van der Waals surface area contributed by atoms with Gasteiger partial charge in [0.25, 0.3) is 0 Å². The molecule has 0 spiro atoms. The van der Waals surface area contributed by atoms with Crippen molar-refractivity contribution in [2.45, 2.75) is 13.0 Å². The predicted octanol–water partition coefficient (Wildman–Crippen LogP) is 1.06. The molecule has 0 radical (unpaired) electrons. The zero-order chi connectivity index (χ0) is 12.8. The second-order valence-corrected chi connectivity index (χ2v) is 4.00. The summed E-state index contributed by atoms with van der Waals surface area (Å²) >= 11 is 5.94. The molecule has 6 heteroatoms. The molecule has 1 rings (SSSR count). The lowest BCUT2D eigenvalue weighted by atomic mass is 10.2. The second kappa shape index (κ2) is 6.44. The van der Waals surface area contributed by atoms with Gasteiger partial charge in [0.05, 0.1) is 23.4 Å². The van der Waals surface area contributed by atoms with E-state index in [4.69, 9.17) is 16.7 Å². The van der Waals surface area contributed by atoms with Crippen LogP contribution in [0.15, 0.2) is 18.2 Å². The van der Waals surface area contributed by atoms with E-state index in [0.717, 1.165) is 0 Å². The van der Waals surface area contributed by atoms with Gasteiger partial charge in [0.1, 0.15) is 0 Å². The molecular formula is C11H15ClN2O3. The molecule has 0 bridgehead atoms. The van der Waals surface area contributed by atoms with Crippen LogP contribution in [0.25, 0.3) is 0 Å². The highest BCUT2D eigenvalue weighted by molar-refractivity contribution is 6.33. The normalized spacial score (nSPS) is 12.0. The highest BCUT2D eigenvalue weighted by atomic mass is 35.5. The maximum Gasteiger partial charge on any atom is 0.221 e. The van der Waals surface area contributed by atoms with Gasteiger partial charge < -0.3 is 20.8 Å². The maximum atomic E-state index is 10.9. The SMILES string of the molecule is CC(=O)Nc1ccc(Cl)c(NCC(O)CO)c1. The molecule has 1 unspecified atom stereocenters. The Labute approximate surface area is 104 Å². The minimum Gasteiger partial charge on any atom is -0.394 e. The first-order chi connectivity index (χ1) is 8.02. The Hall–Kier alpha value is -1.30. The minimum atomic E-state index is -0.851. The van der Waals surface area contributed by atoms with E-state index in [0.29, 0.717) is 16.4 Å². The molecule has 1 amide bonds. The van der Waals surface area contributed by atoms with Gasteiger partial charge in [-0.25, -0.2) is 0 Å². The lowest BCUT2D eigenvalue weighted by Gasteiger charge is -2.13. The molecule has 0 saturated carbocycles. The molecule has 0 aromatic heterocycles. The fraction of sp³-hybridized carbons (Fsp3) is 0.364. The van der Waals surface area contributed by atoms with Crippen LogP contribution in [0.1, 0.15) is 6.92 Å². The lowest BCUT2D eigenvalue weighted by molar-refractivity contribution is -0.114. The number of benzene rings is 1. The van der Waals surface area contributed by atoms with E-state index >= 15 is 0 Å². The van der Waals surface area contributed by atoms with Gasteiger partial charge >= 0.3 is 0 Å². The summed E-state index contributed by atoms with van der Waals surface area (Å²) in [6, 6.07) is 4.98. The fourth-order valence-corrected chi connectivity index (χ4v) is 1.42. The molecule has 1 aromatic rings. The summed E-state index contributed by atoms with van der Waals surface area (Å²) in [5.74, 6) is -0.173. The van der Waals surface area contributed by atoms with Crippen molar-refractivity contribution in [1.82, 2.24) is 0 Å². The maximum absolute atomic E-state index is 10.9. The van der Waals surface area contributed by atoms with E-state index in [2.05, 4.69) is 10.6 Å². The van der Waals surface area contributed by atoms with E-state index in [1.54, 1.807) is 18.2 Å². The number of nitrogens with one attached hydrogen (secondary N) is 2. The predicted molar refractivity (Wildman–Crippen MR) is 67.3 cm³/mol. The molecule has 1 aromatic carbocycles. The van der Waals surface area contributed by atoms with Crippen molar-refractivity contribution < 1.29 is 15.0 Å². The number of aliphatic hydroxyl groups excluding tert-OH is 2. The molecule has 1 atom stereocenters. The third-order valence-corrected chi connectivity index (χ3v) is 2.36. The largest absolute Gasteiger partial charge is 0.394 e. The van der Waals surface area contributed by atoms with Gasteiger partial charge in [0, 0.05) is 19.2 Å². The summed E-state index contributed by atoms with van der Waals surface area (Å²) in [5.41, 5.74) is 1.20. The average Bonchev–Trinajstić information content (AvgIpc) is 2.28. The molecule has 5 nitrogen and oxygen atoms in total. The first-order valence-corrected chi connectivity index (χ1v) is 5.50. The average molecular weight is 259 g/mol. The molecule has 0 aliphatic rings. The van der Waals surface area contributed by atoms with Crippen molar-refractivity contribution in [3.8, 4) is 0 Å². The molecule has 0 fully saturated rings. The van der Waals surface area contributed by atoms with Crippen LogP contribution in [0, 0.1) is 0 Å². The van der Waals surface area contributed by atoms with Gasteiger partial charge in [-0.3, -0.25) is 4.79 Å². The Morgan fingerprint density at radius 3 is 2.82 bits per heavy atom. The highest BCUT2D eigenvalue weighted by Crippen LogP contribution is 2.25. The van der Waals surface area contributed by atoms with Crippen LogP contribution >= 0.6 is 11.6 Å². The zero-order valence-corrected chi connectivity index (χ0v) is 10.2. The van der Waals surface area contributed by atoms with Crippen LogP contribution in [0.5, 0.6) is 0 Å². The molecule has 94 valence electrons. The minimum absolute atomic E-state index is 0.173. The molecule has 0 aliphatic heterocycles.